The van der Waals surface area contributed by atoms with Gasteiger partial charge < -0.3 is 9.67 Å². The van der Waals surface area contributed by atoms with Crippen LogP contribution in [0.15, 0.2) is 53.5 Å². The molecule has 1 heterocycles. The first-order chi connectivity index (χ1) is 11.5. The zero-order chi connectivity index (χ0) is 17.3. The van der Waals surface area contributed by atoms with Gasteiger partial charge in [-0.2, -0.15) is 0 Å². The zero-order valence-electron chi connectivity index (χ0n) is 14.5. The summed E-state index contributed by atoms with van der Waals surface area (Å²) in [5.74, 6) is 0.252. The number of hydrogen-bond acceptors (Lipinski definition) is 2. The van der Waals surface area contributed by atoms with E-state index in [-0.39, 0.29) is 5.75 Å². The Hall–Kier alpha value is -2.81. The largest absolute Gasteiger partial charge is 0.508 e. The van der Waals surface area contributed by atoms with Crippen LogP contribution in [0.3, 0.4) is 0 Å². The van der Waals surface area contributed by atoms with Gasteiger partial charge in [-0.3, -0.25) is 4.99 Å². The van der Waals surface area contributed by atoms with Crippen molar-refractivity contribution >= 4 is 11.9 Å². The van der Waals surface area contributed by atoms with E-state index in [0.29, 0.717) is 0 Å². The lowest BCUT2D eigenvalue weighted by atomic mass is 10.1. The first-order valence-corrected chi connectivity index (χ1v) is 8.05. The van der Waals surface area contributed by atoms with Crippen LogP contribution in [-0.4, -0.2) is 15.9 Å². The number of hydrogen-bond donors (Lipinski definition) is 1. The molecule has 1 N–H and O–H groups in total. The number of aromatic hydroxyl groups is 1. The highest BCUT2D eigenvalue weighted by Crippen LogP contribution is 2.23. The van der Waals surface area contributed by atoms with Gasteiger partial charge in [0, 0.05) is 28.9 Å². The van der Waals surface area contributed by atoms with Crippen molar-refractivity contribution in [3.63, 3.8) is 0 Å². The average molecular weight is 318 g/mol. The Morgan fingerprint density at radius 1 is 0.875 bits per heavy atom. The van der Waals surface area contributed by atoms with Crippen LogP contribution < -0.4 is 0 Å². The molecule has 0 aliphatic carbocycles. The molecule has 0 aliphatic heterocycles. The molecule has 0 bridgehead atoms. The number of phenolic OH excluding ortho intramolecular Hbond substituents is 1. The summed E-state index contributed by atoms with van der Waals surface area (Å²) in [6, 6.07) is 15.6. The van der Waals surface area contributed by atoms with E-state index in [9.17, 15) is 5.11 Å². The molecule has 0 fully saturated rings. The van der Waals surface area contributed by atoms with Gasteiger partial charge in [-0.15, -0.1) is 0 Å². The highest BCUT2D eigenvalue weighted by Gasteiger charge is 2.10. The number of nitrogens with zero attached hydrogens (tertiary/aromatic N) is 2. The van der Waals surface area contributed by atoms with E-state index in [1.54, 1.807) is 24.3 Å². The maximum Gasteiger partial charge on any atom is 0.115 e. The van der Waals surface area contributed by atoms with E-state index in [1.807, 2.05) is 6.21 Å². The van der Waals surface area contributed by atoms with Crippen LogP contribution in [0, 0.1) is 27.7 Å². The number of aryl methyl sites for hydroxylation is 3. The summed E-state index contributed by atoms with van der Waals surface area (Å²) >= 11 is 0. The van der Waals surface area contributed by atoms with E-state index < -0.39 is 0 Å². The second-order valence-corrected chi connectivity index (χ2v) is 6.21. The Bertz CT molecular complexity index is 902. The van der Waals surface area contributed by atoms with Crippen molar-refractivity contribution in [1.29, 1.82) is 0 Å². The van der Waals surface area contributed by atoms with Crippen LogP contribution in [0.5, 0.6) is 5.75 Å². The molecule has 2 aromatic carbocycles. The fraction of sp³-hybridized carbons (Fsp3) is 0.190. The van der Waals surface area contributed by atoms with Gasteiger partial charge in [0.15, 0.2) is 0 Å². The number of rotatable bonds is 3. The molecule has 0 aliphatic rings. The lowest BCUT2D eigenvalue weighted by Gasteiger charge is -2.11. The summed E-state index contributed by atoms with van der Waals surface area (Å²) in [6.45, 7) is 8.49. The molecule has 0 spiro atoms. The summed E-state index contributed by atoms with van der Waals surface area (Å²) in [6.07, 6.45) is 1.88. The van der Waals surface area contributed by atoms with Gasteiger partial charge in [-0.25, -0.2) is 0 Å². The number of benzene rings is 2. The van der Waals surface area contributed by atoms with Crippen molar-refractivity contribution in [3.8, 4) is 11.4 Å². The maximum atomic E-state index is 9.34. The third-order valence-electron chi connectivity index (χ3n) is 4.42. The highest BCUT2D eigenvalue weighted by atomic mass is 16.3. The Kier molecular flexibility index (Phi) is 4.26. The molecule has 24 heavy (non-hydrogen) atoms. The van der Waals surface area contributed by atoms with Crippen LogP contribution in [0.25, 0.3) is 5.69 Å². The first-order valence-electron chi connectivity index (χ1n) is 8.05. The van der Waals surface area contributed by atoms with E-state index in [4.69, 9.17) is 0 Å². The third-order valence-corrected chi connectivity index (χ3v) is 4.42. The van der Waals surface area contributed by atoms with Gasteiger partial charge in [0.05, 0.1) is 5.69 Å². The second-order valence-electron chi connectivity index (χ2n) is 6.21. The molecule has 0 amide bonds. The molecule has 3 rings (SSSR count). The molecular formula is C21H22N2O. The Balaban J connectivity index is 1.97. The Morgan fingerprint density at radius 3 is 2.25 bits per heavy atom. The fourth-order valence-corrected chi connectivity index (χ4v) is 2.86. The molecule has 0 saturated carbocycles. The van der Waals surface area contributed by atoms with Crippen LogP contribution >= 0.6 is 0 Å². The molecule has 0 saturated heterocycles. The second kappa shape index (κ2) is 6.36. The van der Waals surface area contributed by atoms with Gasteiger partial charge in [-0.05, 0) is 81.3 Å². The predicted molar refractivity (Wildman–Crippen MR) is 100 cm³/mol. The fourth-order valence-electron chi connectivity index (χ4n) is 2.86. The van der Waals surface area contributed by atoms with Gasteiger partial charge >= 0.3 is 0 Å². The van der Waals surface area contributed by atoms with Gasteiger partial charge in [0.25, 0.3) is 0 Å². The van der Waals surface area contributed by atoms with Crippen LogP contribution in [0.2, 0.25) is 0 Å². The number of phenols is 1. The van der Waals surface area contributed by atoms with Crippen molar-refractivity contribution < 1.29 is 5.11 Å². The summed E-state index contributed by atoms with van der Waals surface area (Å²) in [7, 11) is 0. The van der Waals surface area contributed by atoms with Gasteiger partial charge in [0.2, 0.25) is 0 Å². The van der Waals surface area contributed by atoms with Crippen LogP contribution in [0.4, 0.5) is 5.69 Å². The summed E-state index contributed by atoms with van der Waals surface area (Å²) in [5.41, 5.74) is 8.04. The molecule has 0 unspecified atom stereocenters. The minimum atomic E-state index is 0.252. The monoisotopic (exact) mass is 318 g/mol. The van der Waals surface area contributed by atoms with Crippen LogP contribution in [-0.2, 0) is 0 Å². The number of aliphatic imine (C=N–C) groups is 1. The summed E-state index contributed by atoms with van der Waals surface area (Å²) < 4.78 is 2.25. The van der Waals surface area contributed by atoms with Crippen molar-refractivity contribution in [2.75, 3.05) is 0 Å². The molecular weight excluding hydrogens is 296 g/mol. The first kappa shape index (κ1) is 16.1. The zero-order valence-corrected chi connectivity index (χ0v) is 14.5. The minimum absolute atomic E-state index is 0.252. The number of aromatic nitrogens is 1. The Morgan fingerprint density at radius 2 is 1.58 bits per heavy atom. The topological polar surface area (TPSA) is 37.5 Å². The van der Waals surface area contributed by atoms with Crippen molar-refractivity contribution in [2.45, 2.75) is 27.7 Å². The van der Waals surface area contributed by atoms with E-state index in [2.05, 4.69) is 61.5 Å². The molecule has 3 nitrogen and oxygen atoms in total. The molecule has 0 radical (unpaired) electrons. The van der Waals surface area contributed by atoms with Gasteiger partial charge in [0.1, 0.15) is 5.75 Å². The van der Waals surface area contributed by atoms with Gasteiger partial charge in [-0.1, -0.05) is 6.07 Å². The Labute approximate surface area is 142 Å². The summed E-state index contributed by atoms with van der Waals surface area (Å²) in [5, 5.41) is 9.34. The molecule has 122 valence electrons. The standard InChI is InChI=1S/C21H22N2O/c1-14-5-8-20(11-15(14)2)23-16(3)12-18(17(23)4)13-22-19-6-9-21(24)10-7-19/h5-13,24H,1-4H3. The minimum Gasteiger partial charge on any atom is -0.508 e. The molecule has 1 aromatic heterocycles. The van der Waals surface area contributed by atoms with Crippen molar-refractivity contribution in [1.82, 2.24) is 4.57 Å². The summed E-state index contributed by atoms with van der Waals surface area (Å²) in [4.78, 5) is 4.51. The molecule has 0 atom stereocenters. The molecule has 3 aromatic rings. The maximum absolute atomic E-state index is 9.34. The van der Waals surface area contributed by atoms with E-state index in [0.717, 1.165) is 11.3 Å². The normalized spacial score (nSPS) is 11.3. The van der Waals surface area contributed by atoms with E-state index >= 15 is 0 Å². The lowest BCUT2D eigenvalue weighted by Crippen LogP contribution is -2.00. The van der Waals surface area contributed by atoms with Crippen molar-refractivity contribution in [2.24, 2.45) is 4.99 Å². The third kappa shape index (κ3) is 3.11. The van der Waals surface area contributed by atoms with Crippen LogP contribution in [0.1, 0.15) is 28.1 Å². The van der Waals surface area contributed by atoms with E-state index in [1.165, 1.54) is 28.2 Å². The molecule has 3 heteroatoms. The predicted octanol–water partition coefficient (Wildman–Crippen LogP) is 5.17. The SMILES string of the molecule is Cc1ccc(-n2c(C)cc(C=Nc3ccc(O)cc3)c2C)cc1C. The quantitative estimate of drug-likeness (QED) is 0.665. The highest BCUT2D eigenvalue weighted by molar-refractivity contribution is 5.84. The van der Waals surface area contributed by atoms with Crippen molar-refractivity contribution in [3.05, 3.63) is 76.6 Å². The smallest absolute Gasteiger partial charge is 0.115 e. The average Bonchev–Trinajstić information content (AvgIpc) is 2.84. The lowest BCUT2D eigenvalue weighted by molar-refractivity contribution is 0.475.